The molecule has 2 aromatic rings. The lowest BCUT2D eigenvalue weighted by Crippen LogP contribution is -2.54. The van der Waals surface area contributed by atoms with E-state index in [4.69, 9.17) is 21.1 Å². The van der Waals surface area contributed by atoms with Crippen molar-refractivity contribution in [1.82, 2.24) is 4.90 Å². The fourth-order valence-electron chi connectivity index (χ4n) is 5.08. The predicted molar refractivity (Wildman–Crippen MR) is 151 cm³/mol. The van der Waals surface area contributed by atoms with Crippen LogP contribution in [0.3, 0.4) is 0 Å². The maximum atomic E-state index is 13.7. The number of rotatable bonds is 5. The van der Waals surface area contributed by atoms with Gasteiger partial charge in [-0.05, 0) is 74.2 Å². The van der Waals surface area contributed by atoms with Crippen LogP contribution in [0.15, 0.2) is 57.1 Å². The average molecular weight is 597 g/mol. The Labute approximate surface area is 247 Å². The minimum atomic E-state index is -1.03. The third kappa shape index (κ3) is 6.44. The van der Waals surface area contributed by atoms with E-state index in [1.54, 1.807) is 49.9 Å². The van der Waals surface area contributed by atoms with Gasteiger partial charge in [-0.3, -0.25) is 9.69 Å². The summed E-state index contributed by atoms with van der Waals surface area (Å²) in [5, 5.41) is 27.8. The quantitative estimate of drug-likeness (QED) is 0.456. The number of nitriles is 1. The number of amides is 2. The summed E-state index contributed by atoms with van der Waals surface area (Å²) >= 11 is 6.51. The van der Waals surface area contributed by atoms with Crippen LogP contribution in [0.25, 0.3) is 0 Å². The lowest BCUT2D eigenvalue weighted by atomic mass is 9.75. The molecule has 2 aromatic carbocycles. The highest BCUT2D eigenvalue weighted by molar-refractivity contribution is 6.33. The van der Waals surface area contributed by atoms with Crippen LogP contribution in [-0.4, -0.2) is 54.5 Å². The largest absolute Gasteiger partial charge is 0.476 e. The number of hydrogen-bond acceptors (Lipinski definition) is 10. The van der Waals surface area contributed by atoms with Gasteiger partial charge in [0.1, 0.15) is 17.2 Å². The van der Waals surface area contributed by atoms with Gasteiger partial charge in [-0.1, -0.05) is 23.7 Å². The van der Waals surface area contributed by atoms with Crippen LogP contribution < -0.4 is 15.0 Å². The van der Waals surface area contributed by atoms with Gasteiger partial charge in [0.25, 0.3) is 12.2 Å². The van der Waals surface area contributed by atoms with Crippen LogP contribution in [-0.2, 0) is 16.0 Å². The molecular formula is C28H30ClFN8O4. The van der Waals surface area contributed by atoms with E-state index < -0.39 is 29.5 Å². The summed E-state index contributed by atoms with van der Waals surface area (Å²) in [7, 11) is 0. The minimum Gasteiger partial charge on any atom is -0.476 e. The number of ether oxygens (including phenoxy) is 2. The van der Waals surface area contributed by atoms with Gasteiger partial charge in [0, 0.05) is 19.2 Å². The Kier molecular flexibility index (Phi) is 8.01. The van der Waals surface area contributed by atoms with Crippen molar-refractivity contribution in [3.63, 3.8) is 0 Å². The Hall–Kier alpha value is -4.31. The van der Waals surface area contributed by atoms with Gasteiger partial charge in [-0.2, -0.15) is 5.26 Å². The Bertz CT molecular complexity index is 1450. The van der Waals surface area contributed by atoms with E-state index in [0.29, 0.717) is 43.7 Å². The van der Waals surface area contributed by atoms with Gasteiger partial charge >= 0.3 is 6.09 Å². The topological polar surface area (TPSA) is 144 Å². The summed E-state index contributed by atoms with van der Waals surface area (Å²) in [5.74, 6) is -0.409. The van der Waals surface area contributed by atoms with Crippen LogP contribution in [0.4, 0.5) is 20.6 Å². The molecule has 3 heterocycles. The maximum absolute atomic E-state index is 13.7. The Morgan fingerprint density at radius 1 is 1.19 bits per heavy atom. The van der Waals surface area contributed by atoms with E-state index in [1.807, 2.05) is 0 Å². The van der Waals surface area contributed by atoms with Gasteiger partial charge in [-0.25, -0.2) is 9.18 Å². The van der Waals surface area contributed by atoms with E-state index >= 15 is 0 Å². The molecule has 0 spiro atoms. The number of benzene rings is 2. The van der Waals surface area contributed by atoms with Crippen molar-refractivity contribution in [2.75, 3.05) is 29.9 Å². The molecule has 5 rings (SSSR count). The van der Waals surface area contributed by atoms with Gasteiger partial charge in [0.2, 0.25) is 0 Å². The summed E-state index contributed by atoms with van der Waals surface area (Å²) in [4.78, 5) is 30.0. The molecule has 42 heavy (non-hydrogen) atoms. The Morgan fingerprint density at radius 3 is 2.48 bits per heavy atom. The van der Waals surface area contributed by atoms with E-state index in [0.717, 1.165) is 5.56 Å². The second-order valence-electron chi connectivity index (χ2n) is 11.4. The second-order valence-corrected chi connectivity index (χ2v) is 11.9. The summed E-state index contributed by atoms with van der Waals surface area (Å²) < 4.78 is 25.1. The number of nitrogens with one attached hydrogen (secondary N) is 1. The molecule has 2 amide bonds. The number of carbonyl (C=O) groups excluding carboxylic acids is 2. The first kappa shape index (κ1) is 29.2. The van der Waals surface area contributed by atoms with Gasteiger partial charge in [0.15, 0.2) is 6.10 Å². The third-order valence-electron chi connectivity index (χ3n) is 7.22. The molecule has 14 heteroatoms. The van der Waals surface area contributed by atoms with E-state index in [9.17, 15) is 19.2 Å². The minimum absolute atomic E-state index is 0.0929. The van der Waals surface area contributed by atoms with Gasteiger partial charge in [-0.15, -0.1) is 10.2 Å². The van der Waals surface area contributed by atoms with Crippen molar-refractivity contribution < 1.29 is 23.5 Å². The van der Waals surface area contributed by atoms with Crippen LogP contribution >= 0.6 is 11.6 Å². The fraction of sp³-hybridized carbons (Fsp3) is 0.464. The predicted octanol–water partition coefficient (Wildman–Crippen LogP) is 5.89. The van der Waals surface area contributed by atoms with Crippen LogP contribution in [0.5, 0.6) is 5.75 Å². The highest BCUT2D eigenvalue weighted by Gasteiger charge is 2.42. The molecule has 0 aromatic heterocycles. The smallest absolute Gasteiger partial charge is 0.415 e. The van der Waals surface area contributed by atoms with Crippen molar-refractivity contribution in [2.45, 2.75) is 58.0 Å². The van der Waals surface area contributed by atoms with Crippen molar-refractivity contribution in [1.29, 1.82) is 5.26 Å². The van der Waals surface area contributed by atoms with Crippen molar-refractivity contribution >= 4 is 35.0 Å². The molecule has 1 atom stereocenters. The normalized spacial score (nSPS) is 19.6. The summed E-state index contributed by atoms with van der Waals surface area (Å²) in [6.07, 6.45) is -1.10. The summed E-state index contributed by atoms with van der Waals surface area (Å²) in [6, 6.07) is 11.7. The zero-order chi connectivity index (χ0) is 30.1. The Balaban J connectivity index is 1.35. The molecule has 0 radical (unpaired) electrons. The standard InChI is InChI=1S/C28H30ClFN8O4/c1-27(2,3)42-26(40)38-15-23(41-22-13-20(19(29)12-21(22)38)32-25-33-35-36-34-25)24(39)37-10-8-28(16-31,9-11-37)14-17-4-6-18(30)7-5-17/h4-7,12-13,23,25,32H,8-11,14-15H2,1-3H3. The van der Waals surface area contributed by atoms with Crippen LogP contribution in [0, 0.1) is 22.6 Å². The number of carbonyl (C=O) groups is 2. The molecule has 220 valence electrons. The number of likely N-dealkylation sites (tertiary alicyclic amines) is 1. The van der Waals surface area contributed by atoms with Gasteiger partial charge < -0.3 is 19.7 Å². The van der Waals surface area contributed by atoms with Crippen LogP contribution in [0.1, 0.15) is 39.2 Å². The zero-order valence-electron chi connectivity index (χ0n) is 23.4. The van der Waals surface area contributed by atoms with Gasteiger partial charge in [0.05, 0.1) is 34.4 Å². The average Bonchev–Trinajstić information content (AvgIpc) is 3.46. The maximum Gasteiger partial charge on any atom is 0.415 e. The molecule has 1 saturated heterocycles. The van der Waals surface area contributed by atoms with Crippen molar-refractivity contribution in [3.05, 3.63) is 52.8 Å². The summed E-state index contributed by atoms with van der Waals surface area (Å²) in [5.41, 5.74) is 0.150. The van der Waals surface area contributed by atoms with Crippen molar-refractivity contribution in [2.24, 2.45) is 26.1 Å². The molecule has 3 aliphatic heterocycles. The molecular weight excluding hydrogens is 567 g/mol. The molecule has 0 saturated carbocycles. The summed E-state index contributed by atoms with van der Waals surface area (Å²) in [6.45, 7) is 5.82. The molecule has 3 aliphatic rings. The number of halogens is 2. The van der Waals surface area contributed by atoms with Crippen molar-refractivity contribution in [3.8, 4) is 11.8 Å². The van der Waals surface area contributed by atoms with E-state index in [-0.39, 0.29) is 29.0 Å². The fourth-order valence-corrected chi connectivity index (χ4v) is 5.29. The molecule has 1 N–H and O–H groups in total. The number of nitrogens with zero attached hydrogens (tertiary/aromatic N) is 7. The lowest BCUT2D eigenvalue weighted by Gasteiger charge is -2.41. The molecule has 1 fully saturated rings. The highest BCUT2D eigenvalue weighted by Crippen LogP contribution is 2.42. The lowest BCUT2D eigenvalue weighted by molar-refractivity contribution is -0.140. The molecule has 0 aliphatic carbocycles. The first-order valence-electron chi connectivity index (χ1n) is 13.5. The van der Waals surface area contributed by atoms with E-state index in [1.165, 1.54) is 17.0 Å². The first-order valence-corrected chi connectivity index (χ1v) is 13.8. The monoisotopic (exact) mass is 596 g/mol. The molecule has 12 nitrogen and oxygen atoms in total. The second kappa shape index (κ2) is 11.5. The highest BCUT2D eigenvalue weighted by atomic mass is 35.5. The van der Waals surface area contributed by atoms with Crippen LogP contribution in [0.2, 0.25) is 5.02 Å². The third-order valence-corrected chi connectivity index (χ3v) is 7.53. The van der Waals surface area contributed by atoms with E-state index in [2.05, 4.69) is 32.1 Å². The number of piperidine rings is 1. The Morgan fingerprint density at radius 2 is 1.86 bits per heavy atom. The first-order chi connectivity index (χ1) is 19.9. The number of anilines is 2. The number of hydrogen-bond donors (Lipinski definition) is 1. The molecule has 0 bridgehead atoms. The SMILES string of the molecule is CC(C)(C)OC(=O)N1CC(C(=O)N2CCC(C#N)(Cc3ccc(F)cc3)CC2)Oc2cc(NC3N=NN=N3)c(Cl)cc21. The molecule has 1 unspecified atom stereocenters. The number of fused-ring (bicyclic) bond motifs is 1. The zero-order valence-corrected chi connectivity index (χ0v) is 24.1.